The van der Waals surface area contributed by atoms with E-state index in [9.17, 15) is 18.9 Å². The molecule has 0 bridgehead atoms. The first-order chi connectivity index (χ1) is 8.99. The van der Waals surface area contributed by atoms with Crippen molar-refractivity contribution in [3.05, 3.63) is 62.6 Å². The van der Waals surface area contributed by atoms with Crippen LogP contribution < -0.4 is 4.74 Å². The zero-order valence-corrected chi connectivity index (χ0v) is 10.9. The number of rotatable bonds is 3. The van der Waals surface area contributed by atoms with Gasteiger partial charge in [-0.05, 0) is 28.1 Å². The predicted octanol–water partition coefficient (Wildman–Crippen LogP) is 4.43. The molecule has 0 atom stereocenters. The van der Waals surface area contributed by atoms with Crippen LogP contribution in [0.25, 0.3) is 0 Å². The molecule has 4 nitrogen and oxygen atoms in total. The number of hydrogen-bond acceptors (Lipinski definition) is 3. The molecule has 7 heteroatoms. The molecule has 2 aromatic rings. The van der Waals surface area contributed by atoms with Crippen molar-refractivity contribution in [3.8, 4) is 11.5 Å². The highest BCUT2D eigenvalue weighted by Crippen LogP contribution is 2.36. The van der Waals surface area contributed by atoms with Crippen LogP contribution in [0.4, 0.5) is 14.5 Å². The lowest BCUT2D eigenvalue weighted by Crippen LogP contribution is -1.98. The predicted molar refractivity (Wildman–Crippen MR) is 67.2 cm³/mol. The summed E-state index contributed by atoms with van der Waals surface area (Å²) < 4.78 is 32.2. The number of nitro benzene ring substituents is 1. The van der Waals surface area contributed by atoms with E-state index < -0.39 is 28.0 Å². The molecule has 0 fully saturated rings. The lowest BCUT2D eigenvalue weighted by molar-refractivity contribution is -0.388. The van der Waals surface area contributed by atoms with Crippen LogP contribution in [-0.4, -0.2) is 4.92 Å². The number of hydrogen-bond donors (Lipinski definition) is 0. The highest BCUT2D eigenvalue weighted by Gasteiger charge is 2.24. The highest BCUT2D eigenvalue weighted by atomic mass is 79.9. The SMILES string of the molecule is O=[N+]([O-])c1c(F)cc(F)cc1Oc1ccccc1Br. The fraction of sp³-hybridized carbons (Fsp3) is 0. The van der Waals surface area contributed by atoms with Crippen molar-refractivity contribution < 1.29 is 18.4 Å². The molecule has 0 amide bonds. The number of para-hydroxylation sites is 1. The van der Waals surface area contributed by atoms with E-state index in [1.165, 1.54) is 6.07 Å². The van der Waals surface area contributed by atoms with E-state index >= 15 is 0 Å². The minimum absolute atomic E-state index is 0.218. The standard InChI is InChI=1S/C12H6BrF2NO3/c13-8-3-1-2-4-10(8)19-11-6-7(14)5-9(15)12(11)16(17)18/h1-6H. The summed E-state index contributed by atoms with van der Waals surface area (Å²) in [6.45, 7) is 0. The van der Waals surface area contributed by atoms with Gasteiger partial charge >= 0.3 is 5.69 Å². The van der Waals surface area contributed by atoms with Crippen LogP contribution in [0.5, 0.6) is 11.5 Å². The molecule has 0 aliphatic rings. The Bertz CT molecular complexity index is 649. The average molecular weight is 330 g/mol. The molecular formula is C12H6BrF2NO3. The molecular weight excluding hydrogens is 324 g/mol. The summed E-state index contributed by atoms with van der Waals surface area (Å²) in [5.74, 6) is -2.51. The Balaban J connectivity index is 2.51. The molecule has 2 rings (SSSR count). The highest BCUT2D eigenvalue weighted by molar-refractivity contribution is 9.10. The monoisotopic (exact) mass is 329 g/mol. The maximum absolute atomic E-state index is 13.4. The lowest BCUT2D eigenvalue weighted by atomic mass is 10.2. The third-order valence-electron chi connectivity index (χ3n) is 2.23. The van der Waals surface area contributed by atoms with Crippen molar-refractivity contribution in [1.82, 2.24) is 0 Å². The maximum Gasteiger partial charge on any atom is 0.347 e. The molecule has 98 valence electrons. The van der Waals surface area contributed by atoms with Crippen molar-refractivity contribution in [3.63, 3.8) is 0 Å². The largest absolute Gasteiger partial charge is 0.449 e. The molecule has 0 aliphatic carbocycles. The third-order valence-corrected chi connectivity index (χ3v) is 2.89. The summed E-state index contributed by atoms with van der Waals surface area (Å²) in [5, 5.41) is 10.8. The van der Waals surface area contributed by atoms with Crippen molar-refractivity contribution >= 4 is 21.6 Å². The zero-order valence-electron chi connectivity index (χ0n) is 9.27. The van der Waals surface area contributed by atoms with Gasteiger partial charge in [0.15, 0.2) is 0 Å². The number of nitrogens with zero attached hydrogens (tertiary/aromatic N) is 1. The fourth-order valence-corrected chi connectivity index (χ4v) is 1.81. The van der Waals surface area contributed by atoms with Crippen molar-refractivity contribution in [2.24, 2.45) is 0 Å². The van der Waals surface area contributed by atoms with Gasteiger partial charge < -0.3 is 4.74 Å². The summed E-state index contributed by atoms with van der Waals surface area (Å²) in [6.07, 6.45) is 0. The van der Waals surface area contributed by atoms with Crippen LogP contribution >= 0.6 is 15.9 Å². The van der Waals surface area contributed by atoms with Crippen LogP contribution in [0.1, 0.15) is 0 Å². The normalized spacial score (nSPS) is 10.3. The smallest absolute Gasteiger partial charge is 0.347 e. The molecule has 0 aliphatic heterocycles. The quantitative estimate of drug-likeness (QED) is 0.618. The molecule has 0 unspecified atom stereocenters. The van der Waals surface area contributed by atoms with E-state index in [4.69, 9.17) is 4.74 Å². The van der Waals surface area contributed by atoms with Crippen LogP contribution in [0, 0.1) is 21.7 Å². The van der Waals surface area contributed by atoms with Gasteiger partial charge in [0.2, 0.25) is 11.6 Å². The number of nitro groups is 1. The summed E-state index contributed by atoms with van der Waals surface area (Å²) in [7, 11) is 0. The molecule has 19 heavy (non-hydrogen) atoms. The van der Waals surface area contributed by atoms with Gasteiger partial charge in [-0.25, -0.2) is 4.39 Å². The first-order valence-electron chi connectivity index (χ1n) is 5.05. The Labute approximate surface area is 114 Å². The van der Waals surface area contributed by atoms with E-state index in [0.29, 0.717) is 10.5 Å². The lowest BCUT2D eigenvalue weighted by Gasteiger charge is -2.08. The first kappa shape index (κ1) is 13.4. The molecule has 0 saturated carbocycles. The van der Waals surface area contributed by atoms with Crippen molar-refractivity contribution in [1.29, 1.82) is 0 Å². The van der Waals surface area contributed by atoms with E-state index in [1.807, 2.05) is 0 Å². The second-order valence-corrected chi connectivity index (χ2v) is 4.38. The van der Waals surface area contributed by atoms with Crippen LogP contribution in [0.3, 0.4) is 0 Å². The summed E-state index contributed by atoms with van der Waals surface area (Å²) in [5.41, 5.74) is -0.905. The molecule has 0 saturated heterocycles. The molecule has 0 radical (unpaired) electrons. The Morgan fingerprint density at radius 3 is 2.47 bits per heavy atom. The average Bonchev–Trinajstić information content (AvgIpc) is 2.30. The van der Waals surface area contributed by atoms with Crippen molar-refractivity contribution in [2.45, 2.75) is 0 Å². The number of benzene rings is 2. The maximum atomic E-state index is 13.4. The van der Waals surface area contributed by atoms with Gasteiger partial charge in [0.05, 0.1) is 9.40 Å². The zero-order chi connectivity index (χ0) is 14.0. The summed E-state index contributed by atoms with van der Waals surface area (Å²) in [6, 6.07) is 7.68. The topological polar surface area (TPSA) is 52.4 Å². The third kappa shape index (κ3) is 2.87. The van der Waals surface area contributed by atoms with Crippen LogP contribution in [0.15, 0.2) is 40.9 Å². The van der Waals surface area contributed by atoms with Gasteiger partial charge in [-0.2, -0.15) is 4.39 Å². The van der Waals surface area contributed by atoms with Crippen molar-refractivity contribution in [2.75, 3.05) is 0 Å². The molecule has 0 aromatic heterocycles. The molecule has 2 aromatic carbocycles. The summed E-state index contributed by atoms with van der Waals surface area (Å²) in [4.78, 5) is 9.82. The van der Waals surface area contributed by atoms with Gasteiger partial charge in [0.25, 0.3) is 0 Å². The molecule has 0 spiro atoms. The minimum Gasteiger partial charge on any atom is -0.449 e. The van der Waals surface area contributed by atoms with E-state index in [0.717, 1.165) is 6.07 Å². The number of halogens is 3. The van der Waals surface area contributed by atoms with E-state index in [2.05, 4.69) is 15.9 Å². The molecule has 0 heterocycles. The van der Waals surface area contributed by atoms with Crippen LogP contribution in [-0.2, 0) is 0 Å². The molecule has 0 N–H and O–H groups in total. The van der Waals surface area contributed by atoms with E-state index in [1.54, 1.807) is 18.2 Å². The Kier molecular flexibility index (Phi) is 3.75. The van der Waals surface area contributed by atoms with Gasteiger partial charge in [0, 0.05) is 12.1 Å². The fourth-order valence-electron chi connectivity index (χ4n) is 1.44. The van der Waals surface area contributed by atoms with Crippen LogP contribution in [0.2, 0.25) is 0 Å². The summed E-state index contributed by atoms with van der Waals surface area (Å²) >= 11 is 3.17. The minimum atomic E-state index is -1.29. The Morgan fingerprint density at radius 2 is 1.84 bits per heavy atom. The Hall–Kier alpha value is -2.02. The second-order valence-electron chi connectivity index (χ2n) is 3.52. The number of ether oxygens (including phenoxy) is 1. The van der Waals surface area contributed by atoms with Gasteiger partial charge in [0.1, 0.15) is 11.6 Å². The van der Waals surface area contributed by atoms with E-state index in [-0.39, 0.29) is 5.75 Å². The Morgan fingerprint density at radius 1 is 1.16 bits per heavy atom. The second kappa shape index (κ2) is 5.31. The first-order valence-corrected chi connectivity index (χ1v) is 5.84. The van der Waals surface area contributed by atoms with Gasteiger partial charge in [-0.1, -0.05) is 12.1 Å². The van der Waals surface area contributed by atoms with Gasteiger partial charge in [-0.15, -0.1) is 0 Å². The van der Waals surface area contributed by atoms with Gasteiger partial charge in [-0.3, -0.25) is 10.1 Å².